The maximum Gasteiger partial charge on any atom is 0.261 e. The van der Waals surface area contributed by atoms with Gasteiger partial charge in [-0.25, -0.2) is 8.42 Å². The molecule has 3 rings (SSSR count). The topological polar surface area (TPSA) is 55.4 Å². The molecule has 3 aromatic rings. The molecule has 0 bridgehead atoms. The maximum absolute atomic E-state index is 12.5. The molecule has 0 unspecified atom stereocenters. The average Bonchev–Trinajstić information content (AvgIpc) is 2.59. The highest BCUT2D eigenvalue weighted by atomic mass is 32.2. The quantitative estimate of drug-likeness (QED) is 0.674. The van der Waals surface area contributed by atoms with E-state index in [1.54, 1.807) is 42.5 Å². The van der Waals surface area contributed by atoms with Crippen molar-refractivity contribution in [1.29, 1.82) is 0 Å². The Bertz CT molecular complexity index is 1030. The van der Waals surface area contributed by atoms with Gasteiger partial charge in [-0.15, -0.1) is 0 Å². The van der Waals surface area contributed by atoms with Crippen LogP contribution in [0.5, 0.6) is 11.5 Å². The van der Waals surface area contributed by atoms with E-state index < -0.39 is 10.0 Å². The SMILES string of the molecule is Cc1ccc(S(=O)(=O)Nc2ccc(Oc3ccccc3C)c(C)c2)cc1. The van der Waals surface area contributed by atoms with Gasteiger partial charge < -0.3 is 4.74 Å². The summed E-state index contributed by atoms with van der Waals surface area (Å²) in [6.07, 6.45) is 0. The zero-order chi connectivity index (χ0) is 18.7. The smallest absolute Gasteiger partial charge is 0.261 e. The van der Waals surface area contributed by atoms with Crippen LogP contribution in [-0.2, 0) is 10.0 Å². The van der Waals surface area contributed by atoms with Gasteiger partial charge in [0.15, 0.2) is 0 Å². The summed E-state index contributed by atoms with van der Waals surface area (Å²) in [6.45, 7) is 5.78. The normalized spacial score (nSPS) is 11.2. The Hall–Kier alpha value is -2.79. The lowest BCUT2D eigenvalue weighted by Crippen LogP contribution is -2.13. The number of nitrogens with one attached hydrogen (secondary N) is 1. The Balaban J connectivity index is 1.81. The van der Waals surface area contributed by atoms with Crippen LogP contribution in [0.3, 0.4) is 0 Å². The van der Waals surface area contributed by atoms with Gasteiger partial charge in [-0.05, 0) is 68.3 Å². The van der Waals surface area contributed by atoms with Gasteiger partial charge in [-0.2, -0.15) is 0 Å². The highest BCUT2D eigenvalue weighted by Gasteiger charge is 2.14. The molecule has 0 fully saturated rings. The van der Waals surface area contributed by atoms with Crippen molar-refractivity contribution in [3.05, 3.63) is 83.4 Å². The molecule has 3 aromatic carbocycles. The molecule has 0 aromatic heterocycles. The predicted molar refractivity (Wildman–Crippen MR) is 104 cm³/mol. The minimum atomic E-state index is -3.62. The summed E-state index contributed by atoms with van der Waals surface area (Å²) in [5, 5.41) is 0. The Morgan fingerprint density at radius 2 is 1.42 bits per heavy atom. The predicted octanol–water partition coefficient (Wildman–Crippen LogP) is 5.20. The molecular weight excluding hydrogens is 346 g/mol. The van der Waals surface area contributed by atoms with Crippen LogP contribution in [0.25, 0.3) is 0 Å². The Morgan fingerprint density at radius 1 is 0.769 bits per heavy atom. The first-order valence-corrected chi connectivity index (χ1v) is 9.77. The minimum Gasteiger partial charge on any atom is -0.457 e. The number of aryl methyl sites for hydroxylation is 3. The molecule has 5 heteroatoms. The molecule has 0 saturated carbocycles. The summed E-state index contributed by atoms with van der Waals surface area (Å²) >= 11 is 0. The molecule has 4 nitrogen and oxygen atoms in total. The van der Waals surface area contributed by atoms with E-state index in [9.17, 15) is 8.42 Å². The fourth-order valence-corrected chi connectivity index (χ4v) is 3.60. The molecule has 0 amide bonds. The molecule has 0 atom stereocenters. The number of para-hydroxylation sites is 1. The van der Waals surface area contributed by atoms with Gasteiger partial charge in [-0.1, -0.05) is 35.9 Å². The number of rotatable bonds is 5. The average molecular weight is 367 g/mol. The van der Waals surface area contributed by atoms with E-state index in [2.05, 4.69) is 4.72 Å². The first-order valence-electron chi connectivity index (χ1n) is 8.29. The molecule has 0 aliphatic heterocycles. The van der Waals surface area contributed by atoms with Crippen molar-refractivity contribution >= 4 is 15.7 Å². The van der Waals surface area contributed by atoms with Crippen LogP contribution in [0.1, 0.15) is 16.7 Å². The molecule has 1 N–H and O–H groups in total. The second kappa shape index (κ2) is 7.22. The van der Waals surface area contributed by atoms with Gasteiger partial charge in [0.2, 0.25) is 0 Å². The van der Waals surface area contributed by atoms with Crippen molar-refractivity contribution in [1.82, 2.24) is 0 Å². The number of sulfonamides is 1. The van der Waals surface area contributed by atoms with Gasteiger partial charge in [0.1, 0.15) is 11.5 Å². The van der Waals surface area contributed by atoms with E-state index in [-0.39, 0.29) is 4.90 Å². The van der Waals surface area contributed by atoms with Gasteiger partial charge in [0, 0.05) is 5.69 Å². The van der Waals surface area contributed by atoms with Crippen molar-refractivity contribution in [3.63, 3.8) is 0 Å². The molecule has 0 aliphatic carbocycles. The number of hydrogen-bond acceptors (Lipinski definition) is 3. The summed E-state index contributed by atoms with van der Waals surface area (Å²) in [7, 11) is -3.62. The fourth-order valence-electron chi connectivity index (χ4n) is 2.55. The third-order valence-corrected chi connectivity index (χ3v) is 5.47. The largest absolute Gasteiger partial charge is 0.457 e. The van der Waals surface area contributed by atoms with Gasteiger partial charge >= 0.3 is 0 Å². The minimum absolute atomic E-state index is 0.237. The third kappa shape index (κ3) is 4.06. The van der Waals surface area contributed by atoms with E-state index in [0.717, 1.165) is 22.4 Å². The monoisotopic (exact) mass is 367 g/mol. The van der Waals surface area contributed by atoms with E-state index >= 15 is 0 Å². The van der Waals surface area contributed by atoms with E-state index in [0.29, 0.717) is 11.4 Å². The van der Waals surface area contributed by atoms with Crippen molar-refractivity contribution < 1.29 is 13.2 Å². The molecule has 0 spiro atoms. The lowest BCUT2D eigenvalue weighted by molar-refractivity contribution is 0.475. The number of hydrogen-bond donors (Lipinski definition) is 1. The van der Waals surface area contributed by atoms with Crippen LogP contribution in [0.4, 0.5) is 5.69 Å². The lowest BCUT2D eigenvalue weighted by atomic mass is 10.2. The lowest BCUT2D eigenvalue weighted by Gasteiger charge is -2.13. The number of ether oxygens (including phenoxy) is 1. The summed E-state index contributed by atoms with van der Waals surface area (Å²) in [5.41, 5.74) is 3.39. The number of anilines is 1. The van der Waals surface area contributed by atoms with Gasteiger partial charge in [0.25, 0.3) is 10.0 Å². The molecule has 0 saturated heterocycles. The summed E-state index contributed by atoms with van der Waals surface area (Å²) in [5.74, 6) is 1.47. The number of benzene rings is 3. The van der Waals surface area contributed by atoms with Crippen molar-refractivity contribution in [2.75, 3.05) is 4.72 Å². The second-order valence-corrected chi connectivity index (χ2v) is 7.95. The third-order valence-electron chi connectivity index (χ3n) is 4.07. The Morgan fingerprint density at radius 3 is 2.08 bits per heavy atom. The summed E-state index contributed by atoms with van der Waals surface area (Å²) in [6, 6.07) is 19.7. The standard InChI is InChI=1S/C21H21NO3S/c1-15-8-11-19(12-9-15)26(23,24)22-18-10-13-21(17(3)14-18)25-20-7-5-4-6-16(20)2/h4-14,22H,1-3H3. The van der Waals surface area contributed by atoms with E-state index in [1.165, 1.54) is 0 Å². The Kier molecular flexibility index (Phi) is 5.00. The van der Waals surface area contributed by atoms with E-state index in [4.69, 9.17) is 4.74 Å². The van der Waals surface area contributed by atoms with Crippen LogP contribution < -0.4 is 9.46 Å². The van der Waals surface area contributed by atoms with Crippen molar-refractivity contribution in [2.45, 2.75) is 25.7 Å². The van der Waals surface area contributed by atoms with Gasteiger partial charge in [0.05, 0.1) is 4.90 Å². The van der Waals surface area contributed by atoms with Gasteiger partial charge in [-0.3, -0.25) is 4.72 Å². The molecule has 0 aliphatic rings. The summed E-state index contributed by atoms with van der Waals surface area (Å²) < 4.78 is 33.6. The zero-order valence-electron chi connectivity index (χ0n) is 15.0. The summed E-state index contributed by atoms with van der Waals surface area (Å²) in [4.78, 5) is 0.237. The molecule has 26 heavy (non-hydrogen) atoms. The maximum atomic E-state index is 12.5. The van der Waals surface area contributed by atoms with Crippen LogP contribution in [0, 0.1) is 20.8 Å². The van der Waals surface area contributed by atoms with Crippen LogP contribution in [0.15, 0.2) is 71.6 Å². The molecule has 0 heterocycles. The van der Waals surface area contributed by atoms with Crippen LogP contribution in [-0.4, -0.2) is 8.42 Å². The fraction of sp³-hybridized carbons (Fsp3) is 0.143. The van der Waals surface area contributed by atoms with E-state index in [1.807, 2.05) is 45.0 Å². The first kappa shape index (κ1) is 18.0. The van der Waals surface area contributed by atoms with Crippen LogP contribution >= 0.6 is 0 Å². The molecule has 0 radical (unpaired) electrons. The van der Waals surface area contributed by atoms with Crippen molar-refractivity contribution in [2.24, 2.45) is 0 Å². The zero-order valence-corrected chi connectivity index (χ0v) is 15.8. The Labute approximate surface area is 154 Å². The highest BCUT2D eigenvalue weighted by molar-refractivity contribution is 7.92. The molecular formula is C21H21NO3S. The van der Waals surface area contributed by atoms with Crippen molar-refractivity contribution in [3.8, 4) is 11.5 Å². The highest BCUT2D eigenvalue weighted by Crippen LogP contribution is 2.30. The van der Waals surface area contributed by atoms with Crippen LogP contribution in [0.2, 0.25) is 0 Å². The molecule has 134 valence electrons. The second-order valence-electron chi connectivity index (χ2n) is 6.27. The first-order chi connectivity index (χ1) is 12.3.